The molecule has 1 amide bonds. The van der Waals surface area contributed by atoms with Crippen LogP contribution in [-0.4, -0.2) is 50.5 Å². The van der Waals surface area contributed by atoms with Crippen LogP contribution in [0.15, 0.2) is 0 Å². The molecule has 5 nitrogen and oxygen atoms in total. The van der Waals surface area contributed by atoms with E-state index in [4.69, 9.17) is 9.47 Å². The number of amides is 1. The lowest BCUT2D eigenvalue weighted by Crippen LogP contribution is -2.48. The first-order valence-corrected chi connectivity index (χ1v) is 5.82. The number of hydrogen-bond donors (Lipinski definition) is 2. The van der Waals surface area contributed by atoms with Gasteiger partial charge in [-0.15, -0.1) is 0 Å². The van der Waals surface area contributed by atoms with Gasteiger partial charge in [-0.3, -0.25) is 4.79 Å². The van der Waals surface area contributed by atoms with E-state index in [2.05, 4.69) is 10.6 Å². The SMILES string of the molecule is CC(C)NC(=O)C(C)NCC1COCCO1. The maximum atomic E-state index is 11.6. The van der Waals surface area contributed by atoms with Crippen LogP contribution < -0.4 is 10.6 Å². The van der Waals surface area contributed by atoms with Gasteiger partial charge in [-0.25, -0.2) is 0 Å². The average Bonchev–Trinajstić information content (AvgIpc) is 2.26. The molecule has 1 rings (SSSR count). The van der Waals surface area contributed by atoms with E-state index in [1.807, 2.05) is 20.8 Å². The zero-order chi connectivity index (χ0) is 12.0. The summed E-state index contributed by atoms with van der Waals surface area (Å²) in [7, 11) is 0. The number of ether oxygens (including phenoxy) is 2. The summed E-state index contributed by atoms with van der Waals surface area (Å²) in [5.41, 5.74) is 0. The summed E-state index contributed by atoms with van der Waals surface area (Å²) < 4.78 is 10.7. The number of carbonyl (C=O) groups is 1. The normalized spacial score (nSPS) is 23.1. The van der Waals surface area contributed by atoms with Gasteiger partial charge in [0, 0.05) is 12.6 Å². The molecule has 0 aromatic heterocycles. The van der Waals surface area contributed by atoms with Crippen molar-refractivity contribution >= 4 is 5.91 Å². The van der Waals surface area contributed by atoms with Crippen molar-refractivity contribution in [1.82, 2.24) is 10.6 Å². The van der Waals surface area contributed by atoms with Crippen molar-refractivity contribution in [3.8, 4) is 0 Å². The molecule has 1 aliphatic heterocycles. The first-order valence-electron chi connectivity index (χ1n) is 5.82. The van der Waals surface area contributed by atoms with Gasteiger partial charge in [0.25, 0.3) is 0 Å². The van der Waals surface area contributed by atoms with Crippen molar-refractivity contribution in [2.75, 3.05) is 26.4 Å². The predicted octanol–water partition coefficient (Wildman–Crippen LogP) is -0.0955. The van der Waals surface area contributed by atoms with Crippen molar-refractivity contribution < 1.29 is 14.3 Å². The smallest absolute Gasteiger partial charge is 0.237 e. The molecule has 1 aliphatic rings. The molecule has 2 N–H and O–H groups in total. The van der Waals surface area contributed by atoms with Gasteiger partial charge in [0.1, 0.15) is 0 Å². The lowest BCUT2D eigenvalue weighted by molar-refractivity contribution is -0.124. The minimum absolute atomic E-state index is 0.0201. The van der Waals surface area contributed by atoms with Gasteiger partial charge in [-0.1, -0.05) is 0 Å². The third-order valence-corrected chi connectivity index (χ3v) is 2.36. The second kappa shape index (κ2) is 6.83. The second-order valence-corrected chi connectivity index (χ2v) is 4.36. The van der Waals surface area contributed by atoms with Crippen LogP contribution in [0.25, 0.3) is 0 Å². The van der Waals surface area contributed by atoms with Crippen LogP contribution in [0.3, 0.4) is 0 Å². The molecule has 0 aromatic rings. The summed E-state index contributed by atoms with van der Waals surface area (Å²) in [6.45, 7) is 8.30. The molecule has 1 heterocycles. The Kier molecular flexibility index (Phi) is 5.73. The Morgan fingerprint density at radius 3 is 2.69 bits per heavy atom. The van der Waals surface area contributed by atoms with Crippen molar-refractivity contribution in [3.63, 3.8) is 0 Å². The highest BCUT2D eigenvalue weighted by Gasteiger charge is 2.18. The van der Waals surface area contributed by atoms with E-state index in [0.29, 0.717) is 26.4 Å². The molecular formula is C11H22N2O3. The van der Waals surface area contributed by atoms with Crippen molar-refractivity contribution in [2.24, 2.45) is 0 Å². The van der Waals surface area contributed by atoms with Crippen LogP contribution in [0.2, 0.25) is 0 Å². The molecule has 2 atom stereocenters. The fraction of sp³-hybridized carbons (Fsp3) is 0.909. The van der Waals surface area contributed by atoms with E-state index < -0.39 is 0 Å². The zero-order valence-electron chi connectivity index (χ0n) is 10.3. The lowest BCUT2D eigenvalue weighted by Gasteiger charge is -2.25. The monoisotopic (exact) mass is 230 g/mol. The molecule has 0 bridgehead atoms. The van der Waals surface area contributed by atoms with E-state index in [9.17, 15) is 4.79 Å². The molecule has 0 radical (unpaired) electrons. The molecule has 1 saturated heterocycles. The number of rotatable bonds is 5. The molecule has 2 unspecified atom stereocenters. The Morgan fingerprint density at radius 1 is 1.38 bits per heavy atom. The first kappa shape index (κ1) is 13.4. The van der Waals surface area contributed by atoms with Crippen LogP contribution in [0.4, 0.5) is 0 Å². The molecule has 16 heavy (non-hydrogen) atoms. The number of carbonyl (C=O) groups excluding carboxylic acids is 1. The predicted molar refractivity (Wildman–Crippen MR) is 61.3 cm³/mol. The maximum Gasteiger partial charge on any atom is 0.237 e. The van der Waals surface area contributed by atoms with Gasteiger partial charge in [0.05, 0.1) is 32.0 Å². The average molecular weight is 230 g/mol. The molecule has 1 fully saturated rings. The van der Waals surface area contributed by atoms with Gasteiger partial charge in [0.2, 0.25) is 5.91 Å². The highest BCUT2D eigenvalue weighted by molar-refractivity contribution is 5.81. The molecular weight excluding hydrogens is 208 g/mol. The largest absolute Gasteiger partial charge is 0.376 e. The molecule has 0 aliphatic carbocycles. The Labute approximate surface area is 96.9 Å². The van der Waals surface area contributed by atoms with Crippen LogP contribution in [0, 0.1) is 0 Å². The minimum Gasteiger partial charge on any atom is -0.376 e. The standard InChI is InChI=1S/C11H22N2O3/c1-8(2)13-11(14)9(3)12-6-10-7-15-4-5-16-10/h8-10,12H,4-7H2,1-3H3,(H,13,14). The first-order chi connectivity index (χ1) is 7.59. The van der Waals surface area contributed by atoms with E-state index in [1.54, 1.807) is 0 Å². The Balaban J connectivity index is 2.17. The van der Waals surface area contributed by atoms with Crippen LogP contribution in [0.1, 0.15) is 20.8 Å². The fourth-order valence-corrected chi connectivity index (χ4v) is 1.46. The molecule has 94 valence electrons. The minimum atomic E-state index is -0.201. The van der Waals surface area contributed by atoms with Gasteiger partial charge < -0.3 is 20.1 Å². The molecule has 0 saturated carbocycles. The van der Waals surface area contributed by atoms with Crippen molar-refractivity contribution in [1.29, 1.82) is 0 Å². The van der Waals surface area contributed by atoms with Gasteiger partial charge >= 0.3 is 0 Å². The third kappa shape index (κ3) is 4.92. The van der Waals surface area contributed by atoms with Gasteiger partial charge in [-0.2, -0.15) is 0 Å². The highest BCUT2D eigenvalue weighted by Crippen LogP contribution is 1.99. The Morgan fingerprint density at radius 2 is 2.12 bits per heavy atom. The summed E-state index contributed by atoms with van der Waals surface area (Å²) in [6.07, 6.45) is 0.0584. The van der Waals surface area contributed by atoms with Gasteiger partial charge in [0.15, 0.2) is 0 Å². The van der Waals surface area contributed by atoms with Crippen molar-refractivity contribution in [3.05, 3.63) is 0 Å². The molecule has 0 spiro atoms. The fourth-order valence-electron chi connectivity index (χ4n) is 1.46. The summed E-state index contributed by atoms with van der Waals surface area (Å²) in [6, 6.07) is -0.0288. The summed E-state index contributed by atoms with van der Waals surface area (Å²) in [5.74, 6) is 0.0201. The summed E-state index contributed by atoms with van der Waals surface area (Å²) in [5, 5.41) is 6.00. The topological polar surface area (TPSA) is 59.6 Å². The summed E-state index contributed by atoms with van der Waals surface area (Å²) >= 11 is 0. The summed E-state index contributed by atoms with van der Waals surface area (Å²) in [4.78, 5) is 11.6. The molecule has 0 aromatic carbocycles. The van der Waals surface area contributed by atoms with Crippen LogP contribution in [0.5, 0.6) is 0 Å². The van der Waals surface area contributed by atoms with E-state index in [0.717, 1.165) is 0 Å². The molecule has 5 heteroatoms. The van der Waals surface area contributed by atoms with Gasteiger partial charge in [-0.05, 0) is 20.8 Å². The highest BCUT2D eigenvalue weighted by atomic mass is 16.6. The quantitative estimate of drug-likeness (QED) is 0.692. The number of hydrogen-bond acceptors (Lipinski definition) is 4. The zero-order valence-corrected chi connectivity index (χ0v) is 10.3. The van der Waals surface area contributed by atoms with Crippen molar-refractivity contribution in [2.45, 2.75) is 39.0 Å². The number of nitrogens with one attached hydrogen (secondary N) is 2. The van der Waals surface area contributed by atoms with E-state index in [-0.39, 0.29) is 24.1 Å². The Hall–Kier alpha value is -0.650. The second-order valence-electron chi connectivity index (χ2n) is 4.36. The maximum absolute atomic E-state index is 11.6. The van der Waals surface area contributed by atoms with E-state index >= 15 is 0 Å². The van der Waals surface area contributed by atoms with Crippen LogP contribution in [-0.2, 0) is 14.3 Å². The van der Waals surface area contributed by atoms with E-state index in [1.165, 1.54) is 0 Å². The Bertz CT molecular complexity index is 215. The third-order valence-electron chi connectivity index (χ3n) is 2.36. The van der Waals surface area contributed by atoms with Crippen LogP contribution >= 0.6 is 0 Å². The lowest BCUT2D eigenvalue weighted by atomic mass is 10.2.